The topological polar surface area (TPSA) is 326 Å². The van der Waals surface area contributed by atoms with Gasteiger partial charge in [0.2, 0.25) is 39.1 Å². The molecule has 17 heterocycles. The number of allylic oxidation sites excluding steroid dienone is 4. The molecule has 0 unspecified atom stereocenters. The number of carbonyl (C=O) groups is 8. The van der Waals surface area contributed by atoms with Crippen molar-refractivity contribution in [3.05, 3.63) is 241 Å². The Kier molecular flexibility index (Phi) is 36.1. The lowest BCUT2D eigenvalue weighted by Crippen LogP contribution is -2.35. The highest BCUT2D eigenvalue weighted by Gasteiger charge is 2.36. The molecular formula is C105H105F6N17O9S6. The Hall–Kier alpha value is -12.2. The molecule has 7 aliphatic heterocycles. The molecular weight excluding hydrogens is 1950 g/mol. The van der Waals surface area contributed by atoms with Gasteiger partial charge in [0.15, 0.2) is 28.3 Å². The number of nitrogens with zero attached hydrogens (tertiary/aromatic N) is 17. The van der Waals surface area contributed by atoms with Crippen LogP contribution >= 0.6 is 69.7 Å². The molecule has 10 aromatic heterocycles. The van der Waals surface area contributed by atoms with Gasteiger partial charge in [-0.3, -0.25) is 53.3 Å². The molecule has 1 aliphatic carbocycles. The van der Waals surface area contributed by atoms with Gasteiger partial charge in [-0.2, -0.15) is 13.2 Å². The van der Waals surface area contributed by atoms with E-state index in [0.29, 0.717) is 112 Å². The Bertz CT molecular complexity index is 6510. The van der Waals surface area contributed by atoms with E-state index in [0.717, 1.165) is 243 Å². The summed E-state index contributed by atoms with van der Waals surface area (Å²) in [6, 6.07) is 33.6. The van der Waals surface area contributed by atoms with Crippen molar-refractivity contribution in [3.63, 3.8) is 0 Å². The van der Waals surface area contributed by atoms with E-state index < -0.39 is 17.4 Å². The van der Waals surface area contributed by atoms with Gasteiger partial charge in [-0.05, 0) is 319 Å². The number of anilines is 4. The van der Waals surface area contributed by atoms with Gasteiger partial charge in [-0.1, -0.05) is 42.1 Å². The maximum Gasteiger partial charge on any atom is 0.573 e. The Morgan fingerprint density at radius 3 is 1.36 bits per heavy atom. The maximum absolute atomic E-state index is 12.9. The van der Waals surface area contributed by atoms with Crippen LogP contribution in [0.4, 0.5) is 50.1 Å². The molecule has 742 valence electrons. The lowest BCUT2D eigenvalue weighted by Gasteiger charge is -2.32. The third kappa shape index (κ3) is 30.2. The number of ketones is 5. The molecule has 143 heavy (non-hydrogen) atoms. The normalized spacial score (nSPS) is 18.1. The van der Waals surface area contributed by atoms with Crippen molar-refractivity contribution in [1.29, 1.82) is 0 Å². The summed E-state index contributed by atoms with van der Waals surface area (Å²) in [4.78, 5) is 163. The van der Waals surface area contributed by atoms with Gasteiger partial charge in [-0.15, -0.1) is 35.8 Å². The fourth-order valence-electron chi connectivity index (χ4n) is 18.4. The van der Waals surface area contributed by atoms with Crippen LogP contribution in [-0.4, -0.2) is 174 Å². The van der Waals surface area contributed by atoms with E-state index in [-0.39, 0.29) is 82.1 Å². The minimum atomic E-state index is -4.74. The average Bonchev–Trinajstić information content (AvgIpc) is 1.30. The van der Waals surface area contributed by atoms with Gasteiger partial charge in [0.1, 0.15) is 16.4 Å². The van der Waals surface area contributed by atoms with Gasteiger partial charge < -0.3 is 24.3 Å². The number of halogens is 6. The number of carbonyl (C=O) groups excluding carboxylic acids is 8. The third-order valence-corrected chi connectivity index (χ3v) is 31.3. The van der Waals surface area contributed by atoms with Gasteiger partial charge in [0, 0.05) is 141 Å². The number of aryl methyl sites for hydroxylation is 4. The highest BCUT2D eigenvalue weighted by atomic mass is 32.2. The number of hydrogen-bond acceptors (Lipinski definition) is 32. The number of hydrogen-bond donors (Lipinski definition) is 0. The molecule has 7 saturated heterocycles. The molecule has 8 aliphatic rings. The van der Waals surface area contributed by atoms with Crippen LogP contribution in [0.2, 0.25) is 0 Å². The highest BCUT2D eigenvalue weighted by molar-refractivity contribution is 8.19. The summed E-state index contributed by atoms with van der Waals surface area (Å²) < 4.78 is 80.9. The van der Waals surface area contributed by atoms with Crippen molar-refractivity contribution in [1.82, 2.24) is 64.8 Å². The number of ether oxygens (including phenoxy) is 1. The lowest BCUT2D eigenvalue weighted by molar-refractivity contribution is -0.274. The van der Waals surface area contributed by atoms with Crippen molar-refractivity contribution in [3.8, 4) is 38.0 Å². The zero-order valence-corrected chi connectivity index (χ0v) is 83.5. The zero-order chi connectivity index (χ0) is 99.8. The quantitative estimate of drug-likeness (QED) is 0.0138. The maximum atomic E-state index is 12.9. The van der Waals surface area contributed by atoms with Crippen molar-refractivity contribution in [2.24, 2.45) is 23.7 Å². The second kappa shape index (κ2) is 49.8. The predicted octanol–water partition coefficient (Wildman–Crippen LogP) is 21.6. The minimum Gasteiger partial charge on any atom is -0.406 e. The lowest BCUT2D eigenvalue weighted by atomic mass is 9.90. The van der Waals surface area contributed by atoms with Crippen LogP contribution in [0, 0.1) is 23.7 Å². The Morgan fingerprint density at radius 1 is 0.420 bits per heavy atom. The van der Waals surface area contributed by atoms with Gasteiger partial charge >= 0.3 is 12.5 Å². The van der Waals surface area contributed by atoms with Crippen LogP contribution in [-0.2, 0) is 70.2 Å². The largest absolute Gasteiger partial charge is 0.573 e. The van der Waals surface area contributed by atoms with Gasteiger partial charge in [-0.25, -0.2) is 49.8 Å². The number of alkyl halides is 6. The first-order valence-electron chi connectivity index (χ1n) is 47.9. The van der Waals surface area contributed by atoms with E-state index in [1.807, 2.05) is 55.0 Å². The van der Waals surface area contributed by atoms with Crippen molar-refractivity contribution in [2.45, 2.75) is 178 Å². The van der Waals surface area contributed by atoms with E-state index in [9.17, 15) is 64.7 Å². The molecule has 0 spiro atoms. The number of benzene rings is 1. The summed E-state index contributed by atoms with van der Waals surface area (Å²) in [5.74, 6) is 4.34. The highest BCUT2D eigenvalue weighted by Crippen LogP contribution is 2.42. The second-order valence-electron chi connectivity index (χ2n) is 36.0. The van der Waals surface area contributed by atoms with Crippen LogP contribution in [0.5, 0.6) is 5.75 Å². The van der Waals surface area contributed by atoms with E-state index in [1.165, 1.54) is 53.2 Å². The first-order valence-corrected chi connectivity index (χ1v) is 53.3. The first kappa shape index (κ1) is 104. The monoisotopic (exact) mass is 2050 g/mol. The van der Waals surface area contributed by atoms with E-state index in [2.05, 4.69) is 113 Å². The SMILES string of the molecule is CSc1nccc(CCCC2CCN(c3nccc(/C=C4\SC(=O)CC4=O)n3)CC2)n1.O=C1CC(=O)/C(=C/c2ccnc(N3CCC(CCCc4cccnc4-c4cccc(OC(F)(F)F)c4)CC3)n2)C1.O=C1CC(=O)/C(=C/c2ccnc(N3CCC(CCCc4ccnc(-c5ccc(C(F)(F)F)s5)c4)CC3)n2)S1.O=C1CC(=O)/C(=C/c2ccnc(N3CCC(CCCc4ncccc4-c4cccs4)CC3)n2)S1. The van der Waals surface area contributed by atoms with Crippen molar-refractivity contribution in [2.75, 3.05) is 78.2 Å². The number of aromatic nitrogens is 13. The van der Waals surface area contributed by atoms with E-state index in [4.69, 9.17) is 0 Å². The standard InChI is InChI=1S/C30H29F3N4O3.C27H25F3N4O2S2.C26H26N4O2S2.C22H25N5O2S2/c31-30(32,33)40-26-8-2-6-22(18-26)28-21(7-3-12-34-28)5-1-4-20-10-14-37(15-11-20)29-35-13-9-24(36-29)16-23-17-25(38)19-27(23)39;28-27(29,30)24-5-4-22(37-24)20-14-18(6-10-31-20)3-1-2-17-8-12-34(13-9-17)26-32-11-7-19(33-26)15-23-21(35)16-25(36)38-23;31-22-17-25(32)34-24(22)16-19-8-12-28-26(29-19)30-13-9-18(10-14-30)4-1-6-21-20(5-2-11-27-21)23-7-3-15-33-23;1-30-22-24-10-5-16(26-22)4-2-3-15-7-11-27(12-8-15)21-23-9-6-17(25-21)13-19-18(28)14-20(29)31-19/h2-3,6-9,12-13,16,18,20H,1,4-5,10-11,14-15,17,19H2;4-7,10-11,14-15,17H,1-3,8-9,12-13,16H2;2-3,5,7-8,11-12,15-16,18H,1,4,6,9-10,13-14,17H2;5-6,9-10,13,15H,2-4,7-8,11-12,14H2,1H3/b23-16+;23-15-;24-16-;19-13-. The molecule has 0 amide bonds. The van der Waals surface area contributed by atoms with Gasteiger partial charge in [0.05, 0.1) is 79.4 Å². The van der Waals surface area contributed by atoms with Crippen molar-refractivity contribution >= 4 is 162 Å². The number of thioether (sulfide) groups is 4. The average molecular weight is 2060 g/mol. The van der Waals surface area contributed by atoms with E-state index in [1.54, 1.807) is 115 Å². The molecule has 1 aromatic carbocycles. The van der Waals surface area contributed by atoms with Crippen LogP contribution in [0.25, 0.3) is 56.6 Å². The number of rotatable bonds is 29. The third-order valence-electron chi connectivity index (χ3n) is 25.9. The Labute approximate surface area is 849 Å². The van der Waals surface area contributed by atoms with Crippen LogP contribution in [0.1, 0.15) is 185 Å². The molecule has 19 rings (SSSR count). The Morgan fingerprint density at radius 2 is 0.895 bits per heavy atom. The number of Topliss-reactive ketones (excluding diaryl/α,β-unsaturated/α-hetero) is 5. The van der Waals surface area contributed by atoms with Crippen LogP contribution in [0.3, 0.4) is 0 Å². The minimum absolute atomic E-state index is 0.0160. The van der Waals surface area contributed by atoms with Crippen LogP contribution < -0.4 is 24.3 Å². The summed E-state index contributed by atoms with van der Waals surface area (Å²) in [6.07, 6.45) is 34.5. The zero-order valence-electron chi connectivity index (χ0n) is 78.6. The molecule has 26 nitrogen and oxygen atoms in total. The second-order valence-corrected chi connectivity index (χ2v) is 42.1. The fraction of sp³-hybridized carbons (Fsp3) is 0.381. The molecule has 11 aromatic rings. The summed E-state index contributed by atoms with van der Waals surface area (Å²) in [5, 5.41) is 2.62. The van der Waals surface area contributed by atoms with E-state index >= 15 is 0 Å². The number of thiophene rings is 2. The smallest absolute Gasteiger partial charge is 0.406 e. The molecule has 0 atom stereocenters. The fourth-order valence-corrected chi connectivity index (χ4v) is 22.9. The predicted molar refractivity (Wildman–Crippen MR) is 548 cm³/mol. The molecule has 0 bridgehead atoms. The van der Waals surface area contributed by atoms with Gasteiger partial charge in [0.25, 0.3) is 0 Å². The molecule has 0 N–H and O–H groups in total. The molecule has 1 saturated carbocycles. The molecule has 8 fully saturated rings. The van der Waals surface area contributed by atoms with Crippen LogP contribution in [0.15, 0.2) is 196 Å². The first-order chi connectivity index (χ1) is 69.2. The summed E-state index contributed by atoms with van der Waals surface area (Å²) in [5.41, 5.74) is 10.6. The Balaban J connectivity index is 0.000000137. The summed E-state index contributed by atoms with van der Waals surface area (Å²) in [6.45, 7) is 7.06. The molecule has 0 radical (unpaired) electrons. The summed E-state index contributed by atoms with van der Waals surface area (Å²) >= 11 is 7.05. The summed E-state index contributed by atoms with van der Waals surface area (Å²) in [7, 11) is 0. The molecule has 38 heteroatoms. The number of pyridine rings is 3. The van der Waals surface area contributed by atoms with Crippen molar-refractivity contribution < 1.29 is 69.4 Å². The number of piperidine rings is 4.